The Bertz CT molecular complexity index is 4280. The topological polar surface area (TPSA) is 265 Å². The molecular formula is C88H116Cl2F4N10O13. The van der Waals surface area contributed by atoms with E-state index in [2.05, 4.69) is 89.1 Å². The summed E-state index contributed by atoms with van der Waals surface area (Å²) in [6.45, 7) is 38.1. The van der Waals surface area contributed by atoms with Crippen molar-refractivity contribution in [3.63, 3.8) is 0 Å². The Hall–Kier alpha value is -8.99. The standard InChI is InChI=1S/C16H21F2NO2.C15H20N2O3.C15H22N2O2.C14H18ClFN2O2.C14H17ClN2O3.C14H18FNO/c1-11-7-12(2)9-19(8-11)10-15(20)13-3-5-14(6-4-13)21-16(17)18;1-10-6-11(2)9-16(8-10)15(18)13-4-5-14(17(19)20)12(3)7-13;1-11-6-12(2)9-16(8-11)10-14-4-5-15(17(18)19)13(3)7-14;1-9-6-18(7-10(2)20-9)8-14(19)17-13-4-3-11(16)5-12(13)15;1-9-5-10(2)8-16(7-9)14(18)11-3-4-12(15)13(6-11)17(19)20;1-10-7-11(2)9-16(8-10)14(17)12-3-5-13(15)6-4-12/h3-6,11-12,16H,7-10H2,1-2H3;4-5,7,10-11H,6,8-9H2,1-3H3;4-5,7,11-12H,6,8-10H2,1-3H3;3-5,9-10H,6-8H2,1-2H3,(H,17,19);3-4,6,9-10H,5,7-8H2,1-2H3;3-6,10-11H,7-9H2,1-2H3. The molecule has 23 nitrogen and oxygen atoms in total. The van der Waals surface area contributed by atoms with Crippen molar-refractivity contribution in [1.29, 1.82) is 0 Å². The normalized spacial score (nSPS) is 23.5. The molecule has 6 saturated heterocycles. The highest BCUT2D eigenvalue weighted by Gasteiger charge is 2.32. The van der Waals surface area contributed by atoms with Crippen molar-refractivity contribution in [2.24, 2.45) is 59.2 Å². The maximum atomic E-state index is 12.9. The Balaban J connectivity index is 0.000000194. The van der Waals surface area contributed by atoms with Crippen molar-refractivity contribution >= 4 is 75.4 Å². The molecule has 12 rings (SSSR count). The minimum Gasteiger partial charge on any atom is -0.435 e. The van der Waals surface area contributed by atoms with Crippen molar-refractivity contribution in [3.05, 3.63) is 212 Å². The lowest BCUT2D eigenvalue weighted by Gasteiger charge is -2.35. The van der Waals surface area contributed by atoms with Gasteiger partial charge in [0.25, 0.3) is 34.8 Å². The summed E-state index contributed by atoms with van der Waals surface area (Å²) in [7, 11) is 0. The van der Waals surface area contributed by atoms with Gasteiger partial charge in [0.2, 0.25) is 5.91 Å². The van der Waals surface area contributed by atoms with Crippen LogP contribution in [-0.2, 0) is 16.1 Å². The zero-order valence-electron chi connectivity index (χ0n) is 69.8. The van der Waals surface area contributed by atoms with Gasteiger partial charge in [0.05, 0.1) is 50.8 Å². The summed E-state index contributed by atoms with van der Waals surface area (Å²) in [6.07, 6.45) is 6.14. The predicted molar refractivity (Wildman–Crippen MR) is 448 cm³/mol. The zero-order chi connectivity index (χ0) is 86.2. The van der Waals surface area contributed by atoms with Crippen LogP contribution in [0.5, 0.6) is 5.75 Å². The van der Waals surface area contributed by atoms with Gasteiger partial charge >= 0.3 is 6.61 Å². The van der Waals surface area contributed by atoms with Crippen molar-refractivity contribution in [3.8, 4) is 5.75 Å². The Morgan fingerprint density at radius 2 is 0.812 bits per heavy atom. The second kappa shape index (κ2) is 45.3. The van der Waals surface area contributed by atoms with Gasteiger partial charge in [-0.3, -0.25) is 69.0 Å². The van der Waals surface area contributed by atoms with Crippen molar-refractivity contribution in [2.45, 2.75) is 154 Å². The first-order valence-electron chi connectivity index (χ1n) is 40.4. The van der Waals surface area contributed by atoms with E-state index in [1.165, 1.54) is 97.6 Å². The van der Waals surface area contributed by atoms with Crippen molar-refractivity contribution in [2.75, 3.05) is 96.9 Å². The highest BCUT2D eigenvalue weighted by Crippen LogP contribution is 2.32. The van der Waals surface area contributed by atoms with Crippen LogP contribution < -0.4 is 10.1 Å². The third-order valence-corrected chi connectivity index (χ3v) is 21.8. The molecule has 6 aromatic carbocycles. The molecule has 6 fully saturated rings. The number of ether oxygens (including phenoxy) is 2. The fourth-order valence-electron chi connectivity index (χ4n) is 17.0. The number of amides is 4. The smallest absolute Gasteiger partial charge is 0.387 e. The van der Waals surface area contributed by atoms with Crippen LogP contribution in [0.3, 0.4) is 0 Å². The number of rotatable bonds is 16. The van der Waals surface area contributed by atoms with Gasteiger partial charge in [-0.2, -0.15) is 8.78 Å². The van der Waals surface area contributed by atoms with Crippen LogP contribution >= 0.6 is 23.2 Å². The lowest BCUT2D eigenvalue weighted by molar-refractivity contribution is -0.385. The number of Topliss-reactive ketones (excluding diaryl/α,β-unsaturated/α-hetero) is 1. The zero-order valence-corrected chi connectivity index (χ0v) is 71.3. The SMILES string of the molecule is CC1CC(C)CN(C(=O)c2ccc(Cl)c([N+](=O)[O-])c2)C1.CC1CC(C)CN(C(=O)c2ccc(F)cc2)C1.CC1CC(C)CN(CC(=O)c2ccc(OC(F)F)cc2)C1.CC1CN(CC(=O)Nc2ccc(F)cc2Cl)CC(C)O1.Cc1cc(C(=O)N2CC(C)CC(C)C2)ccc1[N+](=O)[O-].Cc1cc(CN2CC(C)CC(C)C2)ccc1[N+](=O)[O-]. The Morgan fingerprint density at radius 3 is 1.24 bits per heavy atom. The molecule has 12 unspecified atom stereocenters. The van der Waals surface area contributed by atoms with Crippen LogP contribution in [0.2, 0.25) is 10.0 Å². The number of benzene rings is 6. The first kappa shape index (κ1) is 95.2. The van der Waals surface area contributed by atoms with E-state index in [1.807, 2.05) is 47.6 Å². The summed E-state index contributed by atoms with van der Waals surface area (Å²) in [6, 6.07) is 29.8. The first-order chi connectivity index (χ1) is 55.1. The van der Waals surface area contributed by atoms with E-state index in [9.17, 15) is 71.9 Å². The van der Waals surface area contributed by atoms with Crippen LogP contribution in [0, 0.1) is 115 Å². The number of nitro groups is 3. The van der Waals surface area contributed by atoms with Gasteiger partial charge < -0.3 is 29.5 Å². The van der Waals surface area contributed by atoms with Gasteiger partial charge in [0.1, 0.15) is 22.4 Å². The third kappa shape index (κ3) is 31.0. The maximum Gasteiger partial charge on any atom is 0.387 e. The fraction of sp³-hybridized carbons (Fsp3) is 0.534. The number of nitrogens with one attached hydrogen (secondary N) is 1. The quantitative estimate of drug-likeness (QED) is 0.0408. The number of halogens is 6. The molecule has 0 saturated carbocycles. The molecule has 1 N–H and O–H groups in total. The van der Waals surface area contributed by atoms with E-state index in [0.29, 0.717) is 100 Å². The number of nitrogens with zero attached hydrogens (tertiary/aromatic N) is 9. The molecule has 638 valence electrons. The number of ketones is 1. The first-order valence-corrected chi connectivity index (χ1v) is 41.1. The molecule has 6 aromatic rings. The summed E-state index contributed by atoms with van der Waals surface area (Å²) in [5, 5.41) is 35.4. The van der Waals surface area contributed by atoms with Crippen LogP contribution in [0.15, 0.2) is 121 Å². The summed E-state index contributed by atoms with van der Waals surface area (Å²) >= 11 is 11.6. The Labute approximate surface area is 695 Å². The number of piperidine rings is 5. The largest absolute Gasteiger partial charge is 0.435 e. The lowest BCUT2D eigenvalue weighted by Crippen LogP contribution is -2.48. The number of likely N-dealkylation sites (tertiary alicyclic amines) is 5. The Kier molecular flexibility index (Phi) is 36.8. The minimum atomic E-state index is -2.84. The lowest BCUT2D eigenvalue weighted by atomic mass is 9.91. The maximum absolute atomic E-state index is 12.9. The molecule has 0 aliphatic carbocycles. The number of anilines is 1. The molecule has 29 heteroatoms. The summed E-state index contributed by atoms with van der Waals surface area (Å²) in [5.41, 5.74) is 4.88. The van der Waals surface area contributed by atoms with Crippen LogP contribution in [0.25, 0.3) is 0 Å². The second-order valence-corrected chi connectivity index (χ2v) is 34.6. The number of alkyl halides is 2. The van der Waals surface area contributed by atoms with Crippen molar-refractivity contribution in [1.82, 2.24) is 29.4 Å². The van der Waals surface area contributed by atoms with E-state index in [1.54, 1.807) is 48.2 Å². The van der Waals surface area contributed by atoms with Gasteiger partial charge in [-0.25, -0.2) is 8.78 Å². The highest BCUT2D eigenvalue weighted by molar-refractivity contribution is 6.33. The summed E-state index contributed by atoms with van der Waals surface area (Å²) in [4.78, 5) is 105. The van der Waals surface area contributed by atoms with Gasteiger partial charge in [0, 0.05) is 137 Å². The van der Waals surface area contributed by atoms with E-state index < -0.39 is 22.3 Å². The number of hydrogen-bond donors (Lipinski definition) is 1. The van der Waals surface area contributed by atoms with E-state index in [-0.39, 0.29) is 91.8 Å². The second-order valence-electron chi connectivity index (χ2n) is 33.8. The fourth-order valence-corrected chi connectivity index (χ4v) is 17.4. The predicted octanol–water partition coefficient (Wildman–Crippen LogP) is 18.7. The van der Waals surface area contributed by atoms with Gasteiger partial charge in [-0.15, -0.1) is 0 Å². The molecular weight excluding hydrogens is 1550 g/mol. The summed E-state index contributed by atoms with van der Waals surface area (Å²) in [5.74, 6) is 4.68. The van der Waals surface area contributed by atoms with E-state index >= 15 is 0 Å². The number of nitro benzene ring substituents is 3. The molecule has 6 heterocycles. The number of aryl methyl sites for hydroxylation is 2. The molecule has 6 aliphatic rings. The molecule has 4 amide bonds. The highest BCUT2D eigenvalue weighted by atomic mass is 35.5. The number of carbonyl (C=O) groups excluding carboxylic acids is 5. The molecule has 0 spiro atoms. The van der Waals surface area contributed by atoms with E-state index in [4.69, 9.17) is 27.9 Å². The molecule has 6 aliphatic heterocycles. The monoisotopic (exact) mass is 1670 g/mol. The molecule has 12 atom stereocenters. The average molecular weight is 1670 g/mol. The molecule has 0 aromatic heterocycles. The number of carbonyl (C=O) groups is 5. The third-order valence-electron chi connectivity index (χ3n) is 21.2. The van der Waals surface area contributed by atoms with Gasteiger partial charge in [-0.1, -0.05) is 98.5 Å². The van der Waals surface area contributed by atoms with Crippen molar-refractivity contribution < 1.29 is 65.8 Å². The summed E-state index contributed by atoms with van der Waals surface area (Å²) < 4.78 is 59.7. The van der Waals surface area contributed by atoms with Crippen LogP contribution in [0.1, 0.15) is 173 Å². The average Bonchev–Trinajstić information content (AvgIpc) is 0.827. The molecule has 0 bridgehead atoms. The number of hydrogen-bond acceptors (Lipinski definition) is 16. The number of morpholine rings is 1. The Morgan fingerprint density at radius 1 is 0.436 bits per heavy atom. The minimum absolute atomic E-state index is 0.0138. The molecule has 0 radical (unpaired) electrons. The molecule has 117 heavy (non-hydrogen) atoms. The van der Waals surface area contributed by atoms with Crippen LogP contribution in [-0.4, -0.2) is 184 Å². The van der Waals surface area contributed by atoms with Gasteiger partial charge in [-0.05, 0) is 222 Å². The van der Waals surface area contributed by atoms with E-state index in [0.717, 1.165) is 102 Å². The van der Waals surface area contributed by atoms with Gasteiger partial charge in [0.15, 0.2) is 5.78 Å². The van der Waals surface area contributed by atoms with Crippen LogP contribution in [0.4, 0.5) is 40.3 Å².